The first-order valence-corrected chi connectivity index (χ1v) is 10.7. The minimum Gasteiger partial charge on any atom is -0.309 e. The highest BCUT2D eigenvalue weighted by Gasteiger charge is 2.19. The van der Waals surface area contributed by atoms with Gasteiger partial charge in [0, 0.05) is 4.88 Å². The Labute approximate surface area is 171 Å². The number of fused-ring (bicyclic) bond motifs is 1. The van der Waals surface area contributed by atoms with Gasteiger partial charge in [-0.05, 0) is 51.8 Å². The second-order valence-corrected chi connectivity index (χ2v) is 9.46. The number of hydrogen-bond acceptors (Lipinski definition) is 6. The van der Waals surface area contributed by atoms with Gasteiger partial charge in [0.2, 0.25) is 0 Å². The van der Waals surface area contributed by atoms with Crippen LogP contribution in [0.15, 0.2) is 34.5 Å². The number of rotatable bonds is 4. The highest BCUT2D eigenvalue weighted by molar-refractivity contribution is 7.99. The SMILES string of the molecule is Cc1ccc(-n2cnnc2SC(C)c2nc3sc(C)c(C)c3c(=O)[nH]2)c(C)c1. The molecule has 1 atom stereocenters. The summed E-state index contributed by atoms with van der Waals surface area (Å²) in [6, 6.07) is 6.29. The summed E-state index contributed by atoms with van der Waals surface area (Å²) in [4.78, 5) is 22.2. The first kappa shape index (κ1) is 18.9. The summed E-state index contributed by atoms with van der Waals surface area (Å²) in [6.07, 6.45) is 1.72. The fraction of sp³-hybridized carbons (Fsp3) is 0.300. The summed E-state index contributed by atoms with van der Waals surface area (Å²) >= 11 is 3.09. The third-order valence-corrected chi connectivity index (χ3v) is 7.02. The molecule has 0 fully saturated rings. The van der Waals surface area contributed by atoms with Crippen molar-refractivity contribution in [2.75, 3.05) is 0 Å². The van der Waals surface area contributed by atoms with Crippen LogP contribution in [0.5, 0.6) is 0 Å². The standard InChI is InChI=1S/C20H21N5OS2/c1-10-6-7-15(11(2)8-10)25-9-21-24-20(25)28-14(5)17-22-18(26)16-12(3)13(4)27-19(16)23-17/h6-9,14H,1-5H3,(H,22,23,26). The Bertz CT molecular complexity index is 1240. The number of aromatic amines is 1. The van der Waals surface area contributed by atoms with Crippen molar-refractivity contribution in [2.45, 2.75) is 45.0 Å². The Kier molecular flexibility index (Phi) is 4.84. The highest BCUT2D eigenvalue weighted by atomic mass is 32.2. The van der Waals surface area contributed by atoms with Crippen LogP contribution in [0.4, 0.5) is 0 Å². The second kappa shape index (κ2) is 7.18. The van der Waals surface area contributed by atoms with E-state index in [0.29, 0.717) is 11.2 Å². The molecule has 8 heteroatoms. The van der Waals surface area contributed by atoms with E-state index in [0.717, 1.165) is 31.7 Å². The quantitative estimate of drug-likeness (QED) is 0.495. The highest BCUT2D eigenvalue weighted by Crippen LogP contribution is 2.34. The molecule has 3 aromatic heterocycles. The molecule has 0 radical (unpaired) electrons. The van der Waals surface area contributed by atoms with Gasteiger partial charge in [0.05, 0.1) is 16.3 Å². The number of thiophene rings is 1. The van der Waals surface area contributed by atoms with Crippen LogP contribution in [-0.4, -0.2) is 24.7 Å². The summed E-state index contributed by atoms with van der Waals surface area (Å²) in [5.74, 6) is 0.652. The van der Waals surface area contributed by atoms with Crippen LogP contribution in [0.3, 0.4) is 0 Å². The summed E-state index contributed by atoms with van der Waals surface area (Å²) in [5, 5.41) is 9.76. The monoisotopic (exact) mass is 411 g/mol. The average Bonchev–Trinajstić information content (AvgIpc) is 3.19. The van der Waals surface area contributed by atoms with Crippen LogP contribution < -0.4 is 5.56 Å². The predicted octanol–water partition coefficient (Wildman–Crippen LogP) is 4.65. The maximum atomic E-state index is 12.6. The molecule has 0 spiro atoms. The number of hydrogen-bond donors (Lipinski definition) is 1. The Balaban J connectivity index is 1.68. The smallest absolute Gasteiger partial charge is 0.259 e. The first-order valence-electron chi connectivity index (χ1n) is 8.99. The minimum absolute atomic E-state index is 0.0754. The van der Waals surface area contributed by atoms with E-state index in [1.807, 2.05) is 25.3 Å². The van der Waals surface area contributed by atoms with Gasteiger partial charge in [0.1, 0.15) is 17.0 Å². The Hall–Kier alpha value is -2.45. The maximum absolute atomic E-state index is 12.6. The summed E-state index contributed by atoms with van der Waals surface area (Å²) in [5.41, 5.74) is 4.35. The van der Waals surface area contributed by atoms with Gasteiger partial charge in [-0.25, -0.2) is 4.98 Å². The summed E-state index contributed by atoms with van der Waals surface area (Å²) in [7, 11) is 0. The normalized spacial score (nSPS) is 12.6. The molecule has 0 saturated carbocycles. The van der Waals surface area contributed by atoms with Crippen molar-refractivity contribution < 1.29 is 0 Å². The van der Waals surface area contributed by atoms with Gasteiger partial charge in [-0.1, -0.05) is 29.5 Å². The molecule has 4 rings (SSSR count). The Morgan fingerprint density at radius 2 is 2.00 bits per heavy atom. The molecule has 28 heavy (non-hydrogen) atoms. The van der Waals surface area contributed by atoms with E-state index in [2.05, 4.69) is 47.2 Å². The van der Waals surface area contributed by atoms with Crippen molar-refractivity contribution >= 4 is 33.3 Å². The molecule has 1 N–H and O–H groups in total. The largest absolute Gasteiger partial charge is 0.309 e. The van der Waals surface area contributed by atoms with Gasteiger partial charge >= 0.3 is 0 Å². The van der Waals surface area contributed by atoms with Crippen molar-refractivity contribution in [2.24, 2.45) is 0 Å². The van der Waals surface area contributed by atoms with Crippen LogP contribution in [0, 0.1) is 27.7 Å². The number of thioether (sulfide) groups is 1. The number of aryl methyl sites for hydroxylation is 4. The molecular weight excluding hydrogens is 390 g/mol. The fourth-order valence-corrected chi connectivity index (χ4v) is 5.15. The van der Waals surface area contributed by atoms with E-state index in [9.17, 15) is 4.79 Å². The van der Waals surface area contributed by atoms with E-state index < -0.39 is 0 Å². The topological polar surface area (TPSA) is 76.5 Å². The van der Waals surface area contributed by atoms with E-state index in [4.69, 9.17) is 4.98 Å². The van der Waals surface area contributed by atoms with Crippen molar-refractivity contribution in [3.05, 3.63) is 62.3 Å². The molecule has 1 unspecified atom stereocenters. The van der Waals surface area contributed by atoms with E-state index >= 15 is 0 Å². The summed E-state index contributed by atoms with van der Waals surface area (Å²) < 4.78 is 1.98. The molecule has 0 aliphatic carbocycles. The van der Waals surface area contributed by atoms with Crippen LogP contribution in [0.2, 0.25) is 0 Å². The lowest BCUT2D eigenvalue weighted by molar-refractivity contribution is 0.857. The van der Waals surface area contributed by atoms with Crippen molar-refractivity contribution in [1.29, 1.82) is 0 Å². The van der Waals surface area contributed by atoms with Crippen LogP contribution in [0.25, 0.3) is 15.9 Å². The zero-order valence-electron chi connectivity index (χ0n) is 16.4. The number of benzene rings is 1. The molecular formula is C20H21N5OS2. The maximum Gasteiger partial charge on any atom is 0.259 e. The predicted molar refractivity (Wildman–Crippen MR) is 115 cm³/mol. The van der Waals surface area contributed by atoms with Gasteiger partial charge in [-0.2, -0.15) is 0 Å². The molecule has 0 bridgehead atoms. The van der Waals surface area contributed by atoms with Crippen molar-refractivity contribution in [3.63, 3.8) is 0 Å². The molecule has 6 nitrogen and oxygen atoms in total. The molecule has 0 aliphatic rings. The molecule has 1 aromatic carbocycles. The number of H-pyrrole nitrogens is 1. The van der Waals surface area contributed by atoms with Gasteiger partial charge in [-0.15, -0.1) is 21.5 Å². The number of aromatic nitrogens is 5. The lowest BCUT2D eigenvalue weighted by atomic mass is 10.1. The minimum atomic E-state index is -0.0786. The van der Waals surface area contributed by atoms with Crippen molar-refractivity contribution in [3.8, 4) is 5.69 Å². The fourth-order valence-electron chi connectivity index (χ4n) is 3.22. The van der Waals surface area contributed by atoms with Crippen molar-refractivity contribution in [1.82, 2.24) is 24.7 Å². The van der Waals surface area contributed by atoms with E-state index in [1.54, 1.807) is 17.7 Å². The van der Waals surface area contributed by atoms with Gasteiger partial charge in [-0.3, -0.25) is 9.36 Å². The van der Waals surface area contributed by atoms with Gasteiger partial charge in [0.25, 0.3) is 5.56 Å². The molecule has 0 saturated heterocycles. The van der Waals surface area contributed by atoms with Crippen LogP contribution in [0.1, 0.15) is 39.6 Å². The summed E-state index contributed by atoms with van der Waals surface area (Å²) in [6.45, 7) is 10.2. The molecule has 4 aromatic rings. The third-order valence-electron chi connectivity index (χ3n) is 4.85. The van der Waals surface area contributed by atoms with Crippen LogP contribution in [-0.2, 0) is 0 Å². The molecule has 3 heterocycles. The number of nitrogens with one attached hydrogen (secondary N) is 1. The van der Waals surface area contributed by atoms with E-state index in [1.165, 1.54) is 17.3 Å². The van der Waals surface area contributed by atoms with Gasteiger partial charge < -0.3 is 4.98 Å². The third kappa shape index (κ3) is 3.27. The lowest BCUT2D eigenvalue weighted by Crippen LogP contribution is -2.12. The second-order valence-electron chi connectivity index (χ2n) is 6.95. The average molecular weight is 412 g/mol. The zero-order valence-corrected chi connectivity index (χ0v) is 18.0. The Morgan fingerprint density at radius 3 is 2.75 bits per heavy atom. The van der Waals surface area contributed by atoms with Crippen LogP contribution >= 0.6 is 23.1 Å². The molecule has 0 amide bonds. The lowest BCUT2D eigenvalue weighted by Gasteiger charge is -2.13. The zero-order chi connectivity index (χ0) is 20.0. The molecule has 144 valence electrons. The van der Waals surface area contributed by atoms with E-state index in [-0.39, 0.29) is 10.8 Å². The molecule has 0 aliphatic heterocycles. The first-order chi connectivity index (χ1) is 13.3. The number of nitrogens with zero attached hydrogens (tertiary/aromatic N) is 4. The Morgan fingerprint density at radius 1 is 1.21 bits per heavy atom. The van der Waals surface area contributed by atoms with Gasteiger partial charge in [0.15, 0.2) is 5.16 Å².